The molecule has 0 amide bonds. The second-order valence-corrected chi connectivity index (χ2v) is 5.77. The van der Waals surface area contributed by atoms with Gasteiger partial charge in [-0.3, -0.25) is 0 Å². The molecule has 0 fully saturated rings. The molecule has 7 nitrogen and oxygen atoms in total. The van der Waals surface area contributed by atoms with E-state index >= 15 is 0 Å². The molecule has 0 saturated heterocycles. The van der Waals surface area contributed by atoms with Crippen LogP contribution in [0.3, 0.4) is 0 Å². The van der Waals surface area contributed by atoms with Crippen molar-refractivity contribution >= 4 is 28.0 Å². The molecule has 0 unspecified atom stereocenters. The zero-order valence-corrected chi connectivity index (χ0v) is 13.4. The Hall–Kier alpha value is -3.76. The quantitative estimate of drug-likeness (QED) is 0.578. The first-order chi connectivity index (χ1) is 12.6. The SMILES string of the molecule is N#Cc1cc2c3cc(-c4ccc(CO)cc4)cnc3n(C(=O)O)c2cn1. The van der Waals surface area contributed by atoms with E-state index in [1.54, 1.807) is 12.3 Å². The van der Waals surface area contributed by atoms with Gasteiger partial charge in [0.2, 0.25) is 0 Å². The number of hydrogen-bond donors (Lipinski definition) is 2. The number of fused-ring (bicyclic) bond motifs is 3. The maximum absolute atomic E-state index is 11.7. The Morgan fingerprint density at radius 1 is 1.08 bits per heavy atom. The van der Waals surface area contributed by atoms with Crippen LogP contribution >= 0.6 is 0 Å². The third-order valence-electron chi connectivity index (χ3n) is 4.27. The van der Waals surface area contributed by atoms with Crippen molar-refractivity contribution in [3.63, 3.8) is 0 Å². The third kappa shape index (κ3) is 2.37. The van der Waals surface area contributed by atoms with Crippen molar-refractivity contribution in [1.29, 1.82) is 5.26 Å². The van der Waals surface area contributed by atoms with Gasteiger partial charge in [0.15, 0.2) is 5.65 Å². The molecule has 1 aromatic carbocycles. The van der Waals surface area contributed by atoms with Crippen LogP contribution in [-0.2, 0) is 6.61 Å². The summed E-state index contributed by atoms with van der Waals surface area (Å²) >= 11 is 0. The molecule has 7 heteroatoms. The number of hydrogen-bond acceptors (Lipinski definition) is 5. The number of carboxylic acid groups (broad SMARTS) is 1. The Kier molecular flexibility index (Phi) is 3.60. The molecular formula is C19H12N4O3. The van der Waals surface area contributed by atoms with Crippen molar-refractivity contribution in [2.45, 2.75) is 6.61 Å². The topological polar surface area (TPSA) is 112 Å². The largest absolute Gasteiger partial charge is 0.464 e. The summed E-state index contributed by atoms with van der Waals surface area (Å²) in [6.45, 7) is -0.0341. The van der Waals surface area contributed by atoms with Gasteiger partial charge in [-0.1, -0.05) is 24.3 Å². The molecule has 4 rings (SSSR count). The molecule has 3 heterocycles. The Morgan fingerprint density at radius 2 is 1.85 bits per heavy atom. The molecule has 0 saturated carbocycles. The minimum atomic E-state index is -1.16. The molecule has 0 aliphatic carbocycles. The third-order valence-corrected chi connectivity index (χ3v) is 4.27. The van der Waals surface area contributed by atoms with Gasteiger partial charge in [0.1, 0.15) is 11.8 Å². The summed E-state index contributed by atoms with van der Waals surface area (Å²) in [4.78, 5) is 20.0. The van der Waals surface area contributed by atoms with E-state index in [-0.39, 0.29) is 12.3 Å². The monoisotopic (exact) mass is 344 g/mol. The molecule has 0 spiro atoms. The number of aliphatic hydroxyl groups excluding tert-OH is 1. The molecule has 0 aliphatic rings. The lowest BCUT2D eigenvalue weighted by molar-refractivity contribution is 0.198. The van der Waals surface area contributed by atoms with Gasteiger partial charge in [0.25, 0.3) is 0 Å². The maximum Gasteiger partial charge on any atom is 0.417 e. The van der Waals surface area contributed by atoms with Gasteiger partial charge in [-0.15, -0.1) is 0 Å². The predicted molar refractivity (Wildman–Crippen MR) is 94.5 cm³/mol. The minimum Gasteiger partial charge on any atom is -0.464 e. The molecule has 4 aromatic rings. The van der Waals surface area contributed by atoms with Gasteiger partial charge < -0.3 is 10.2 Å². The van der Waals surface area contributed by atoms with Crippen LogP contribution in [-0.4, -0.2) is 30.8 Å². The molecule has 0 bridgehead atoms. The molecular weight excluding hydrogens is 332 g/mol. The van der Waals surface area contributed by atoms with Crippen LogP contribution in [0.25, 0.3) is 33.1 Å². The van der Waals surface area contributed by atoms with E-state index in [0.29, 0.717) is 21.9 Å². The number of aromatic nitrogens is 3. The van der Waals surface area contributed by atoms with Crippen LogP contribution in [0.5, 0.6) is 0 Å². The highest BCUT2D eigenvalue weighted by Gasteiger charge is 2.18. The summed E-state index contributed by atoms with van der Waals surface area (Å²) in [7, 11) is 0. The fourth-order valence-corrected chi connectivity index (χ4v) is 3.01. The number of nitriles is 1. The van der Waals surface area contributed by atoms with Gasteiger partial charge in [0.05, 0.1) is 18.3 Å². The normalized spacial score (nSPS) is 10.9. The van der Waals surface area contributed by atoms with Crippen LogP contribution in [0.4, 0.5) is 4.79 Å². The standard InChI is InChI=1S/C19H12N4O3/c20-7-14-6-15-16-5-13(12-3-1-11(10-24)2-4-12)8-22-18(16)23(19(25)26)17(15)9-21-14/h1-6,8-9,24H,10H2,(H,25,26). The summed E-state index contributed by atoms with van der Waals surface area (Å²) in [5, 5.41) is 29.0. The number of aliphatic hydroxyl groups is 1. The van der Waals surface area contributed by atoms with Gasteiger partial charge >= 0.3 is 6.09 Å². The number of rotatable bonds is 2. The molecule has 126 valence electrons. The van der Waals surface area contributed by atoms with Crippen molar-refractivity contribution in [3.8, 4) is 17.2 Å². The second kappa shape index (κ2) is 5.95. The summed E-state index contributed by atoms with van der Waals surface area (Å²) in [5.74, 6) is 0. The molecule has 2 N–H and O–H groups in total. The minimum absolute atomic E-state index is 0.0341. The number of benzene rings is 1. The predicted octanol–water partition coefficient (Wildman–Crippen LogP) is 3.14. The molecule has 0 radical (unpaired) electrons. The first-order valence-electron chi connectivity index (χ1n) is 7.76. The van der Waals surface area contributed by atoms with E-state index in [1.807, 2.05) is 36.4 Å². The summed E-state index contributed by atoms with van der Waals surface area (Å²) in [6.07, 6.45) is 1.82. The van der Waals surface area contributed by atoms with Crippen LogP contribution < -0.4 is 0 Å². The van der Waals surface area contributed by atoms with E-state index in [0.717, 1.165) is 21.3 Å². The van der Waals surface area contributed by atoms with E-state index in [1.165, 1.54) is 6.20 Å². The fourth-order valence-electron chi connectivity index (χ4n) is 3.01. The Bertz CT molecular complexity index is 1200. The fraction of sp³-hybridized carbons (Fsp3) is 0.0526. The van der Waals surface area contributed by atoms with Crippen molar-refractivity contribution in [1.82, 2.24) is 14.5 Å². The number of carbonyl (C=O) groups is 1. The van der Waals surface area contributed by atoms with Crippen LogP contribution in [0.15, 0.2) is 48.8 Å². The average molecular weight is 344 g/mol. The first kappa shape index (κ1) is 15.7. The van der Waals surface area contributed by atoms with Crippen molar-refractivity contribution in [2.24, 2.45) is 0 Å². The van der Waals surface area contributed by atoms with Gasteiger partial charge in [-0.2, -0.15) is 5.26 Å². The van der Waals surface area contributed by atoms with E-state index in [4.69, 9.17) is 10.4 Å². The average Bonchev–Trinajstić information content (AvgIpc) is 3.01. The molecule has 26 heavy (non-hydrogen) atoms. The summed E-state index contributed by atoms with van der Waals surface area (Å²) in [6, 6.07) is 12.8. The zero-order valence-electron chi connectivity index (χ0n) is 13.4. The first-order valence-corrected chi connectivity index (χ1v) is 7.76. The Morgan fingerprint density at radius 3 is 2.50 bits per heavy atom. The summed E-state index contributed by atoms with van der Waals surface area (Å²) < 4.78 is 1.07. The molecule has 3 aromatic heterocycles. The zero-order chi connectivity index (χ0) is 18.3. The summed E-state index contributed by atoms with van der Waals surface area (Å²) in [5.41, 5.74) is 3.38. The van der Waals surface area contributed by atoms with Crippen molar-refractivity contribution in [3.05, 3.63) is 60.0 Å². The van der Waals surface area contributed by atoms with Crippen molar-refractivity contribution in [2.75, 3.05) is 0 Å². The molecule has 0 aliphatic heterocycles. The van der Waals surface area contributed by atoms with Crippen LogP contribution in [0.1, 0.15) is 11.3 Å². The van der Waals surface area contributed by atoms with E-state index in [9.17, 15) is 9.90 Å². The van der Waals surface area contributed by atoms with Crippen LogP contribution in [0, 0.1) is 11.3 Å². The van der Waals surface area contributed by atoms with Crippen molar-refractivity contribution < 1.29 is 15.0 Å². The van der Waals surface area contributed by atoms with Gasteiger partial charge in [-0.25, -0.2) is 19.3 Å². The van der Waals surface area contributed by atoms with E-state index in [2.05, 4.69) is 9.97 Å². The van der Waals surface area contributed by atoms with Crippen LogP contribution in [0.2, 0.25) is 0 Å². The highest BCUT2D eigenvalue weighted by atomic mass is 16.4. The molecule has 0 atom stereocenters. The highest BCUT2D eigenvalue weighted by Crippen LogP contribution is 2.31. The Balaban J connectivity index is 2.01. The Labute approximate surface area is 147 Å². The highest BCUT2D eigenvalue weighted by molar-refractivity contribution is 6.11. The lowest BCUT2D eigenvalue weighted by Crippen LogP contribution is -2.08. The van der Waals surface area contributed by atoms with Gasteiger partial charge in [-0.05, 0) is 23.3 Å². The van der Waals surface area contributed by atoms with Gasteiger partial charge in [0, 0.05) is 22.5 Å². The maximum atomic E-state index is 11.7. The smallest absolute Gasteiger partial charge is 0.417 e. The number of nitrogens with zero attached hydrogens (tertiary/aromatic N) is 4. The number of pyridine rings is 2. The van der Waals surface area contributed by atoms with E-state index < -0.39 is 6.09 Å². The lowest BCUT2D eigenvalue weighted by atomic mass is 10.0. The lowest BCUT2D eigenvalue weighted by Gasteiger charge is -2.04. The second-order valence-electron chi connectivity index (χ2n) is 5.77.